The standard InChI is InChI=1S/C26H27N3O7S3/c1-4-12-29-18-11-10-16(35-2)13-20(18)38-26(29)28-22(31)15-39(33,34)14-21(30)27-24-23(25(32)36-3)17-8-6-5-7-9-19(17)37-24/h1,10-11,13H,5-9,12,14-15H2,2-3H3,(H,27,30). The van der Waals surface area contributed by atoms with Gasteiger partial charge in [-0.2, -0.15) is 4.99 Å². The number of nitrogens with zero attached hydrogens (tertiary/aromatic N) is 2. The van der Waals surface area contributed by atoms with Crippen LogP contribution in [-0.4, -0.2) is 56.5 Å². The Kier molecular flexibility index (Phi) is 8.89. The van der Waals surface area contributed by atoms with Gasteiger partial charge in [0.1, 0.15) is 22.3 Å². The molecule has 1 aliphatic carbocycles. The third-order valence-electron chi connectivity index (χ3n) is 6.12. The van der Waals surface area contributed by atoms with Gasteiger partial charge in [0.05, 0.1) is 36.5 Å². The normalized spacial score (nSPS) is 13.8. The van der Waals surface area contributed by atoms with Crippen LogP contribution in [0.25, 0.3) is 10.2 Å². The van der Waals surface area contributed by atoms with E-state index in [1.165, 1.54) is 36.9 Å². The summed E-state index contributed by atoms with van der Waals surface area (Å²) in [6.07, 6.45) is 9.86. The van der Waals surface area contributed by atoms with Gasteiger partial charge >= 0.3 is 5.97 Å². The monoisotopic (exact) mass is 589 g/mol. The predicted octanol–water partition coefficient (Wildman–Crippen LogP) is 2.94. The van der Waals surface area contributed by atoms with Crippen LogP contribution in [0, 0.1) is 12.3 Å². The summed E-state index contributed by atoms with van der Waals surface area (Å²) in [7, 11) is -1.37. The number of amides is 2. The number of esters is 1. The van der Waals surface area contributed by atoms with Crippen LogP contribution in [0.1, 0.15) is 40.1 Å². The molecule has 0 saturated heterocycles. The molecule has 0 unspecified atom stereocenters. The smallest absolute Gasteiger partial charge is 0.341 e. The summed E-state index contributed by atoms with van der Waals surface area (Å²) in [6, 6.07) is 5.29. The molecule has 1 aliphatic rings. The fraction of sp³-hybridized carbons (Fsp3) is 0.385. The summed E-state index contributed by atoms with van der Waals surface area (Å²) < 4.78 is 38.0. The lowest BCUT2D eigenvalue weighted by Crippen LogP contribution is -2.28. The third-order valence-corrected chi connectivity index (χ3v) is 9.76. The van der Waals surface area contributed by atoms with Crippen LogP contribution >= 0.6 is 22.7 Å². The molecule has 13 heteroatoms. The van der Waals surface area contributed by atoms with Crippen LogP contribution in [0.2, 0.25) is 0 Å². The first-order valence-corrected chi connectivity index (χ1v) is 15.5. The van der Waals surface area contributed by atoms with Crippen molar-refractivity contribution in [3.8, 4) is 18.1 Å². The zero-order valence-electron chi connectivity index (χ0n) is 21.4. The van der Waals surface area contributed by atoms with Crippen LogP contribution < -0.4 is 14.9 Å². The van der Waals surface area contributed by atoms with Gasteiger partial charge in [0.2, 0.25) is 5.91 Å². The van der Waals surface area contributed by atoms with E-state index in [1.807, 2.05) is 0 Å². The zero-order chi connectivity index (χ0) is 28.2. The number of anilines is 1. The Morgan fingerprint density at radius 3 is 2.62 bits per heavy atom. The van der Waals surface area contributed by atoms with Crippen molar-refractivity contribution in [2.45, 2.75) is 38.6 Å². The first-order valence-electron chi connectivity index (χ1n) is 12.1. The van der Waals surface area contributed by atoms with Crippen LogP contribution in [0.4, 0.5) is 5.00 Å². The maximum atomic E-state index is 12.7. The molecule has 0 atom stereocenters. The Morgan fingerprint density at radius 2 is 1.90 bits per heavy atom. The molecule has 1 aromatic carbocycles. The number of rotatable bonds is 8. The Hall–Kier alpha value is -3.47. The fourth-order valence-corrected chi connectivity index (χ4v) is 7.78. The summed E-state index contributed by atoms with van der Waals surface area (Å²) in [6.45, 7) is 0.126. The van der Waals surface area contributed by atoms with Crippen molar-refractivity contribution in [3.05, 3.63) is 39.0 Å². The second-order valence-corrected chi connectivity index (χ2v) is 13.0. The number of ether oxygens (including phenoxy) is 2. The molecule has 3 aromatic rings. The number of fused-ring (bicyclic) bond motifs is 2. The predicted molar refractivity (Wildman–Crippen MR) is 150 cm³/mol. The largest absolute Gasteiger partial charge is 0.497 e. The molecule has 39 heavy (non-hydrogen) atoms. The van der Waals surface area contributed by atoms with Gasteiger partial charge in [-0.1, -0.05) is 23.7 Å². The fourth-order valence-electron chi connectivity index (χ4n) is 4.40. The second-order valence-electron chi connectivity index (χ2n) is 8.85. The van der Waals surface area contributed by atoms with E-state index in [9.17, 15) is 22.8 Å². The molecule has 0 fully saturated rings. The molecule has 2 amide bonds. The van der Waals surface area contributed by atoms with E-state index in [2.05, 4.69) is 16.2 Å². The minimum absolute atomic E-state index is 0.126. The number of carbonyl (C=O) groups excluding carboxylic acids is 3. The number of thiazole rings is 1. The number of aromatic nitrogens is 1. The SMILES string of the molecule is C#CCn1c(=NC(=O)CS(=O)(=O)CC(=O)Nc2sc3c(c2C(=O)OC)CCCCC3)sc2cc(OC)ccc21. The number of hydrogen-bond acceptors (Lipinski definition) is 9. The van der Waals surface area contributed by atoms with E-state index in [4.69, 9.17) is 15.9 Å². The van der Waals surface area contributed by atoms with Crippen LogP contribution in [0.5, 0.6) is 5.75 Å². The van der Waals surface area contributed by atoms with Gasteiger partial charge in [0.15, 0.2) is 14.6 Å². The van der Waals surface area contributed by atoms with E-state index in [-0.39, 0.29) is 21.9 Å². The van der Waals surface area contributed by atoms with E-state index in [0.717, 1.165) is 46.3 Å². The molecule has 4 rings (SSSR count). The molecule has 1 N–H and O–H groups in total. The number of sulfone groups is 1. The number of nitrogens with one attached hydrogen (secondary N) is 1. The van der Waals surface area contributed by atoms with Crippen LogP contribution in [0.3, 0.4) is 0 Å². The first kappa shape index (κ1) is 28.5. The van der Waals surface area contributed by atoms with Crippen LogP contribution in [-0.2, 0) is 43.5 Å². The van der Waals surface area contributed by atoms with Crippen molar-refractivity contribution >= 4 is 65.5 Å². The van der Waals surface area contributed by atoms with Crippen molar-refractivity contribution in [1.29, 1.82) is 0 Å². The lowest BCUT2D eigenvalue weighted by molar-refractivity contribution is -0.115. The highest BCUT2D eigenvalue weighted by Gasteiger charge is 2.28. The lowest BCUT2D eigenvalue weighted by atomic mass is 10.1. The molecule has 2 heterocycles. The van der Waals surface area contributed by atoms with Gasteiger partial charge < -0.3 is 19.4 Å². The van der Waals surface area contributed by atoms with Crippen molar-refractivity contribution in [2.24, 2.45) is 4.99 Å². The van der Waals surface area contributed by atoms with Gasteiger partial charge in [0.25, 0.3) is 5.91 Å². The maximum absolute atomic E-state index is 12.7. The van der Waals surface area contributed by atoms with Crippen molar-refractivity contribution in [1.82, 2.24) is 4.57 Å². The number of thiophene rings is 1. The lowest BCUT2D eigenvalue weighted by Gasteiger charge is -2.07. The molecule has 0 aliphatic heterocycles. The first-order chi connectivity index (χ1) is 18.7. The average Bonchev–Trinajstić information content (AvgIpc) is 3.29. The van der Waals surface area contributed by atoms with Crippen molar-refractivity contribution < 1.29 is 32.3 Å². The van der Waals surface area contributed by atoms with E-state index in [0.29, 0.717) is 12.2 Å². The summed E-state index contributed by atoms with van der Waals surface area (Å²) in [5.41, 5.74) is 1.84. The van der Waals surface area contributed by atoms with Gasteiger partial charge in [-0.3, -0.25) is 9.59 Å². The van der Waals surface area contributed by atoms with Gasteiger partial charge in [-0.25, -0.2) is 13.2 Å². The quantitative estimate of drug-likeness (QED) is 0.243. The zero-order valence-corrected chi connectivity index (χ0v) is 23.9. The molecular weight excluding hydrogens is 563 g/mol. The molecule has 0 saturated carbocycles. The van der Waals surface area contributed by atoms with Gasteiger partial charge in [0, 0.05) is 4.88 Å². The van der Waals surface area contributed by atoms with E-state index < -0.39 is 39.1 Å². The Morgan fingerprint density at radius 1 is 1.13 bits per heavy atom. The number of terminal acetylenes is 1. The summed E-state index contributed by atoms with van der Waals surface area (Å²) in [4.78, 5) is 43.1. The van der Waals surface area contributed by atoms with Gasteiger partial charge in [-0.15, -0.1) is 17.8 Å². The summed E-state index contributed by atoms with van der Waals surface area (Å²) >= 11 is 2.43. The summed E-state index contributed by atoms with van der Waals surface area (Å²) in [5.74, 6) is -1.14. The number of hydrogen-bond donors (Lipinski definition) is 1. The van der Waals surface area contributed by atoms with E-state index >= 15 is 0 Å². The topological polar surface area (TPSA) is 133 Å². The number of carbonyl (C=O) groups is 3. The van der Waals surface area contributed by atoms with Crippen molar-refractivity contribution in [3.63, 3.8) is 0 Å². The summed E-state index contributed by atoms with van der Waals surface area (Å²) in [5, 5.41) is 2.82. The highest BCUT2D eigenvalue weighted by Crippen LogP contribution is 2.38. The third kappa shape index (κ3) is 6.58. The molecule has 0 bridgehead atoms. The minimum Gasteiger partial charge on any atom is -0.497 e. The van der Waals surface area contributed by atoms with Crippen LogP contribution in [0.15, 0.2) is 23.2 Å². The number of benzene rings is 1. The molecule has 2 aromatic heterocycles. The molecule has 206 valence electrons. The molecule has 10 nitrogen and oxygen atoms in total. The highest BCUT2D eigenvalue weighted by atomic mass is 32.2. The second kappa shape index (κ2) is 12.1. The van der Waals surface area contributed by atoms with Gasteiger partial charge in [-0.05, 0) is 49.4 Å². The Bertz CT molecular complexity index is 1660. The molecule has 0 spiro atoms. The van der Waals surface area contributed by atoms with E-state index in [1.54, 1.807) is 22.8 Å². The number of methoxy groups -OCH3 is 2. The molecule has 0 radical (unpaired) electrons. The highest BCUT2D eigenvalue weighted by molar-refractivity contribution is 7.92. The average molecular weight is 590 g/mol. The Balaban J connectivity index is 1.52. The number of aryl methyl sites for hydroxylation is 1. The molecular formula is C26H27N3O7S3. The van der Waals surface area contributed by atoms with Crippen molar-refractivity contribution in [2.75, 3.05) is 31.0 Å². The Labute approximate surface area is 233 Å². The minimum atomic E-state index is -4.16. The maximum Gasteiger partial charge on any atom is 0.341 e.